The van der Waals surface area contributed by atoms with Gasteiger partial charge in [-0.2, -0.15) is 0 Å². The van der Waals surface area contributed by atoms with Crippen LogP contribution in [0.3, 0.4) is 0 Å². The van der Waals surface area contributed by atoms with Gasteiger partial charge in [0.25, 0.3) is 0 Å². The van der Waals surface area contributed by atoms with Gasteiger partial charge in [0.05, 0.1) is 92.5 Å². The summed E-state index contributed by atoms with van der Waals surface area (Å²) in [5.41, 5.74) is 5.29. The number of halogens is 1. The molecular weight excluding hydrogens is 412 g/mol. The van der Waals surface area contributed by atoms with Crippen LogP contribution in [0.15, 0.2) is 0 Å². The van der Waals surface area contributed by atoms with Crippen LogP contribution in [0.25, 0.3) is 0 Å². The molecule has 0 rings (SSSR count). The molecule has 0 aromatic carbocycles. The zero-order chi connectivity index (χ0) is 20.5. The molecule has 0 spiro atoms. The molecule has 0 saturated heterocycles. The predicted octanol–water partition coefficient (Wildman–Crippen LogP) is -0.249. The third-order valence-corrected chi connectivity index (χ3v) is 3.02. The van der Waals surface area contributed by atoms with Crippen molar-refractivity contribution in [2.24, 2.45) is 5.73 Å². The summed E-state index contributed by atoms with van der Waals surface area (Å²) in [4.78, 5) is 10.2. The number of carbonyl (C=O) groups is 1. The summed E-state index contributed by atoms with van der Waals surface area (Å²) in [6.07, 6.45) is -1.06. The highest BCUT2D eigenvalue weighted by atomic mass is 35.5. The molecule has 0 aliphatic rings. The summed E-state index contributed by atoms with van der Waals surface area (Å²) in [5, 5.41) is 10.6. The minimum atomic E-state index is -1.06. The Bertz CT molecular complexity index is 331. The molecule has 0 bridgehead atoms. The van der Waals surface area contributed by atoms with E-state index >= 15 is 0 Å². The lowest BCUT2D eigenvalue weighted by atomic mass is 10.6. The van der Waals surface area contributed by atoms with Crippen LogP contribution in [0.4, 0.5) is 4.79 Å². The second-order valence-corrected chi connectivity index (χ2v) is 5.31. The molecule has 29 heavy (non-hydrogen) atoms. The maximum Gasteiger partial charge on any atom is 0.404 e. The Morgan fingerprint density at radius 1 is 0.586 bits per heavy atom. The van der Waals surface area contributed by atoms with Gasteiger partial charge < -0.3 is 49.3 Å². The van der Waals surface area contributed by atoms with Gasteiger partial charge in [0.1, 0.15) is 0 Å². The molecule has 0 aliphatic heterocycles. The SMILES string of the molecule is Cl.NCCOCCOCCOCCOCCOCCOCCOCCNC(=O)O. The summed E-state index contributed by atoms with van der Waals surface area (Å²) in [7, 11) is 0. The van der Waals surface area contributed by atoms with Crippen molar-refractivity contribution in [1.82, 2.24) is 5.32 Å². The van der Waals surface area contributed by atoms with Crippen molar-refractivity contribution in [3.63, 3.8) is 0 Å². The predicted molar refractivity (Wildman–Crippen MR) is 108 cm³/mol. The smallest absolute Gasteiger partial charge is 0.404 e. The quantitative estimate of drug-likeness (QED) is 0.179. The lowest BCUT2D eigenvalue weighted by molar-refractivity contribution is -0.0201. The summed E-state index contributed by atoms with van der Waals surface area (Å²) >= 11 is 0. The number of hydrogen-bond acceptors (Lipinski definition) is 9. The average molecular weight is 449 g/mol. The van der Waals surface area contributed by atoms with E-state index in [0.717, 1.165) is 0 Å². The molecule has 0 unspecified atom stereocenters. The van der Waals surface area contributed by atoms with E-state index in [0.29, 0.717) is 99.0 Å². The first kappa shape index (κ1) is 30.4. The Morgan fingerprint density at radius 2 is 0.862 bits per heavy atom. The monoisotopic (exact) mass is 448 g/mol. The van der Waals surface area contributed by atoms with Gasteiger partial charge in [-0.15, -0.1) is 12.4 Å². The molecule has 12 heteroatoms. The minimum absolute atomic E-state index is 0. The van der Waals surface area contributed by atoms with Crippen LogP contribution in [0.2, 0.25) is 0 Å². The lowest BCUT2D eigenvalue weighted by Crippen LogP contribution is -2.25. The molecule has 0 aromatic heterocycles. The first-order valence-electron chi connectivity index (χ1n) is 9.48. The van der Waals surface area contributed by atoms with Gasteiger partial charge in [-0.25, -0.2) is 4.79 Å². The lowest BCUT2D eigenvalue weighted by Gasteiger charge is -2.08. The first-order chi connectivity index (χ1) is 13.8. The number of hydrogen-bond donors (Lipinski definition) is 3. The van der Waals surface area contributed by atoms with E-state index in [2.05, 4.69) is 5.32 Å². The Kier molecular flexibility index (Phi) is 28.6. The molecule has 0 heterocycles. The normalized spacial score (nSPS) is 10.7. The van der Waals surface area contributed by atoms with E-state index < -0.39 is 6.09 Å². The van der Waals surface area contributed by atoms with E-state index in [1.807, 2.05) is 0 Å². The Balaban J connectivity index is 0. The molecule has 176 valence electrons. The number of amides is 1. The Labute approximate surface area is 178 Å². The van der Waals surface area contributed by atoms with Crippen LogP contribution in [0, 0.1) is 0 Å². The highest BCUT2D eigenvalue weighted by Crippen LogP contribution is 1.85. The molecule has 0 saturated carbocycles. The van der Waals surface area contributed by atoms with E-state index in [-0.39, 0.29) is 19.0 Å². The molecule has 1 amide bonds. The fraction of sp³-hybridized carbons (Fsp3) is 0.941. The number of nitrogens with one attached hydrogen (secondary N) is 1. The van der Waals surface area contributed by atoms with Crippen LogP contribution in [0.1, 0.15) is 0 Å². The van der Waals surface area contributed by atoms with Gasteiger partial charge in [0.15, 0.2) is 0 Å². The summed E-state index contributed by atoms with van der Waals surface area (Å²) in [5.74, 6) is 0. The second-order valence-electron chi connectivity index (χ2n) is 5.31. The second kappa shape index (κ2) is 27.2. The van der Waals surface area contributed by atoms with Gasteiger partial charge in [0.2, 0.25) is 0 Å². The minimum Gasteiger partial charge on any atom is -0.465 e. The Morgan fingerprint density at radius 3 is 1.14 bits per heavy atom. The molecule has 0 fully saturated rings. The molecule has 4 N–H and O–H groups in total. The molecule has 11 nitrogen and oxygen atoms in total. The van der Waals surface area contributed by atoms with Gasteiger partial charge in [-0.05, 0) is 0 Å². The number of nitrogens with two attached hydrogens (primary N) is 1. The Hall–Kier alpha value is -0.760. The maximum atomic E-state index is 10.2. The topological polar surface area (TPSA) is 140 Å². The summed E-state index contributed by atoms with van der Waals surface area (Å²) in [6.45, 7) is 7.61. The van der Waals surface area contributed by atoms with Crippen molar-refractivity contribution in [1.29, 1.82) is 0 Å². The van der Waals surface area contributed by atoms with E-state index in [1.54, 1.807) is 0 Å². The molecule has 0 atom stereocenters. The third kappa shape index (κ3) is 29.5. The van der Waals surface area contributed by atoms with Crippen molar-refractivity contribution >= 4 is 18.5 Å². The summed E-state index contributed by atoms with van der Waals surface area (Å²) < 4.78 is 37.1. The number of rotatable bonds is 23. The molecule has 0 radical (unpaired) electrons. The fourth-order valence-electron chi connectivity index (χ4n) is 1.74. The van der Waals surface area contributed by atoms with Crippen LogP contribution in [0.5, 0.6) is 0 Å². The third-order valence-electron chi connectivity index (χ3n) is 3.02. The van der Waals surface area contributed by atoms with Crippen molar-refractivity contribution < 1.29 is 43.1 Å². The highest BCUT2D eigenvalue weighted by molar-refractivity contribution is 5.85. The standard InChI is InChI=1S/C17H36N2O9.ClH/c18-1-3-22-5-7-24-9-11-26-13-15-28-16-14-27-12-10-25-8-6-23-4-2-19-17(20)21;/h19H,1-16,18H2,(H,20,21);1H. The summed E-state index contributed by atoms with van der Waals surface area (Å²) in [6, 6.07) is 0. The van der Waals surface area contributed by atoms with Crippen molar-refractivity contribution in [2.75, 3.05) is 106 Å². The maximum absolute atomic E-state index is 10.2. The molecule has 0 aliphatic carbocycles. The largest absolute Gasteiger partial charge is 0.465 e. The first-order valence-corrected chi connectivity index (χ1v) is 9.48. The van der Waals surface area contributed by atoms with Crippen molar-refractivity contribution in [3.05, 3.63) is 0 Å². The van der Waals surface area contributed by atoms with Gasteiger partial charge in [-0.3, -0.25) is 0 Å². The number of carboxylic acid groups (broad SMARTS) is 1. The fourth-order valence-corrected chi connectivity index (χ4v) is 1.74. The van der Waals surface area contributed by atoms with E-state index in [9.17, 15) is 4.79 Å². The molecule has 0 aromatic rings. The zero-order valence-electron chi connectivity index (χ0n) is 17.0. The molecular formula is C17H37ClN2O9. The van der Waals surface area contributed by atoms with Crippen molar-refractivity contribution in [2.45, 2.75) is 0 Å². The van der Waals surface area contributed by atoms with E-state index in [4.69, 9.17) is 44.0 Å². The van der Waals surface area contributed by atoms with Crippen LogP contribution < -0.4 is 11.1 Å². The highest BCUT2D eigenvalue weighted by Gasteiger charge is 1.95. The average Bonchev–Trinajstić information content (AvgIpc) is 2.68. The van der Waals surface area contributed by atoms with Gasteiger partial charge >= 0.3 is 6.09 Å². The number of ether oxygens (including phenoxy) is 7. The van der Waals surface area contributed by atoms with Crippen LogP contribution >= 0.6 is 12.4 Å². The van der Waals surface area contributed by atoms with E-state index in [1.165, 1.54) is 0 Å². The van der Waals surface area contributed by atoms with Crippen LogP contribution in [-0.2, 0) is 33.2 Å². The van der Waals surface area contributed by atoms with Crippen molar-refractivity contribution in [3.8, 4) is 0 Å². The van der Waals surface area contributed by atoms with Gasteiger partial charge in [-0.1, -0.05) is 0 Å². The van der Waals surface area contributed by atoms with Gasteiger partial charge in [0, 0.05) is 13.1 Å². The van der Waals surface area contributed by atoms with Crippen LogP contribution in [-0.4, -0.2) is 117 Å². The zero-order valence-corrected chi connectivity index (χ0v) is 17.8.